The minimum atomic E-state index is -0.657. The van der Waals surface area contributed by atoms with Gasteiger partial charge in [0.1, 0.15) is 5.75 Å². The van der Waals surface area contributed by atoms with Gasteiger partial charge in [-0.05, 0) is 42.9 Å². The van der Waals surface area contributed by atoms with Crippen LogP contribution in [0.5, 0.6) is 5.75 Å². The second-order valence-electron chi connectivity index (χ2n) is 5.80. The standard InChI is InChI=1S/C18H30O3/c1-4-6-7-12-21-16-10-8-15(9-11-16)14(3)13-18(20)17(19)5-2/h8-11,14,17-20H,4-7,12-13H2,1-3H3. The quantitative estimate of drug-likeness (QED) is 0.644. The molecule has 0 saturated heterocycles. The maximum absolute atomic E-state index is 9.90. The molecule has 1 rings (SSSR count). The molecule has 0 saturated carbocycles. The van der Waals surface area contributed by atoms with E-state index >= 15 is 0 Å². The van der Waals surface area contributed by atoms with Crippen LogP contribution in [0, 0.1) is 0 Å². The van der Waals surface area contributed by atoms with E-state index in [1.807, 2.05) is 31.2 Å². The molecular formula is C18H30O3. The van der Waals surface area contributed by atoms with Gasteiger partial charge in [-0.15, -0.1) is 0 Å². The number of aliphatic hydroxyl groups is 2. The molecule has 0 amide bonds. The molecule has 3 nitrogen and oxygen atoms in total. The summed E-state index contributed by atoms with van der Waals surface area (Å²) in [6.07, 6.45) is 3.36. The number of rotatable bonds is 10. The summed E-state index contributed by atoms with van der Waals surface area (Å²) in [6.45, 7) is 6.90. The molecule has 0 spiro atoms. The van der Waals surface area contributed by atoms with Crippen molar-refractivity contribution in [3.8, 4) is 5.75 Å². The van der Waals surface area contributed by atoms with Crippen LogP contribution in [0.25, 0.3) is 0 Å². The number of ether oxygens (including phenoxy) is 1. The van der Waals surface area contributed by atoms with Gasteiger partial charge in [-0.25, -0.2) is 0 Å². The van der Waals surface area contributed by atoms with Gasteiger partial charge in [-0.1, -0.05) is 45.7 Å². The lowest BCUT2D eigenvalue weighted by Gasteiger charge is -2.20. The van der Waals surface area contributed by atoms with Gasteiger partial charge in [0, 0.05) is 0 Å². The van der Waals surface area contributed by atoms with Crippen LogP contribution >= 0.6 is 0 Å². The van der Waals surface area contributed by atoms with Crippen molar-refractivity contribution in [3.63, 3.8) is 0 Å². The first kappa shape index (κ1) is 18.0. The predicted molar refractivity (Wildman–Crippen MR) is 86.8 cm³/mol. The normalized spacial score (nSPS) is 15.5. The van der Waals surface area contributed by atoms with Gasteiger partial charge in [-0.3, -0.25) is 0 Å². The van der Waals surface area contributed by atoms with Crippen LogP contribution in [-0.2, 0) is 0 Å². The van der Waals surface area contributed by atoms with Crippen molar-refractivity contribution in [2.24, 2.45) is 0 Å². The van der Waals surface area contributed by atoms with Crippen molar-refractivity contribution in [2.75, 3.05) is 6.61 Å². The summed E-state index contributed by atoms with van der Waals surface area (Å²) in [5.41, 5.74) is 1.17. The maximum atomic E-state index is 9.90. The first-order chi connectivity index (χ1) is 10.1. The molecule has 0 aromatic heterocycles. The molecule has 0 radical (unpaired) electrons. The molecule has 3 heteroatoms. The zero-order chi connectivity index (χ0) is 15.7. The number of benzene rings is 1. The van der Waals surface area contributed by atoms with E-state index in [9.17, 15) is 10.2 Å². The summed E-state index contributed by atoms with van der Waals surface area (Å²) in [5.74, 6) is 1.12. The second-order valence-corrected chi connectivity index (χ2v) is 5.80. The zero-order valence-electron chi connectivity index (χ0n) is 13.6. The smallest absolute Gasteiger partial charge is 0.119 e. The third kappa shape index (κ3) is 6.49. The highest BCUT2D eigenvalue weighted by Crippen LogP contribution is 2.24. The van der Waals surface area contributed by atoms with Gasteiger partial charge in [0.2, 0.25) is 0 Å². The highest BCUT2D eigenvalue weighted by molar-refractivity contribution is 5.29. The molecule has 0 fully saturated rings. The number of hydrogen-bond acceptors (Lipinski definition) is 3. The van der Waals surface area contributed by atoms with Crippen molar-refractivity contribution < 1.29 is 14.9 Å². The maximum Gasteiger partial charge on any atom is 0.119 e. The van der Waals surface area contributed by atoms with Gasteiger partial charge in [-0.2, -0.15) is 0 Å². The summed E-state index contributed by atoms with van der Waals surface area (Å²) in [4.78, 5) is 0. The molecule has 0 bridgehead atoms. The Bertz CT molecular complexity index is 375. The molecule has 21 heavy (non-hydrogen) atoms. The van der Waals surface area contributed by atoms with Crippen LogP contribution in [0.2, 0.25) is 0 Å². The topological polar surface area (TPSA) is 49.7 Å². The Morgan fingerprint density at radius 2 is 1.67 bits per heavy atom. The van der Waals surface area contributed by atoms with Gasteiger partial charge in [0.05, 0.1) is 18.8 Å². The van der Waals surface area contributed by atoms with E-state index in [1.54, 1.807) is 0 Å². The Kier molecular flexibility index (Phi) is 8.40. The lowest BCUT2D eigenvalue weighted by molar-refractivity contribution is 0.00953. The number of hydrogen-bond donors (Lipinski definition) is 2. The van der Waals surface area contributed by atoms with Crippen molar-refractivity contribution in [3.05, 3.63) is 29.8 Å². The molecule has 3 atom stereocenters. The molecule has 1 aromatic carbocycles. The van der Waals surface area contributed by atoms with Gasteiger partial charge >= 0.3 is 0 Å². The van der Waals surface area contributed by atoms with Crippen molar-refractivity contribution in [1.29, 1.82) is 0 Å². The third-order valence-electron chi connectivity index (χ3n) is 3.92. The Hall–Kier alpha value is -1.06. The summed E-state index contributed by atoms with van der Waals surface area (Å²) in [7, 11) is 0. The van der Waals surface area contributed by atoms with E-state index in [4.69, 9.17) is 4.74 Å². The molecule has 1 aromatic rings. The van der Waals surface area contributed by atoms with E-state index in [2.05, 4.69) is 13.8 Å². The van der Waals surface area contributed by atoms with Crippen LogP contribution in [0.4, 0.5) is 0 Å². The van der Waals surface area contributed by atoms with Crippen molar-refractivity contribution in [2.45, 2.75) is 71.0 Å². The fraction of sp³-hybridized carbons (Fsp3) is 0.667. The Balaban J connectivity index is 2.45. The fourth-order valence-corrected chi connectivity index (χ4v) is 2.36. The molecule has 0 aliphatic rings. The molecule has 3 unspecified atom stereocenters. The van der Waals surface area contributed by atoms with Crippen LogP contribution < -0.4 is 4.74 Å². The Morgan fingerprint density at radius 3 is 2.24 bits per heavy atom. The van der Waals surface area contributed by atoms with Crippen molar-refractivity contribution in [1.82, 2.24) is 0 Å². The number of aliphatic hydroxyl groups excluding tert-OH is 2. The molecular weight excluding hydrogens is 264 g/mol. The molecule has 2 N–H and O–H groups in total. The highest BCUT2D eigenvalue weighted by atomic mass is 16.5. The van der Waals surface area contributed by atoms with E-state index in [-0.39, 0.29) is 5.92 Å². The third-order valence-corrected chi connectivity index (χ3v) is 3.92. The SMILES string of the molecule is CCCCCOc1ccc(C(C)CC(O)C(O)CC)cc1. The summed E-state index contributed by atoms with van der Waals surface area (Å²) in [6, 6.07) is 8.07. The van der Waals surface area contributed by atoms with Crippen LogP contribution in [-0.4, -0.2) is 29.0 Å². The predicted octanol–water partition coefficient (Wildman–Crippen LogP) is 3.88. The molecule has 0 aliphatic carbocycles. The molecule has 0 aliphatic heterocycles. The van der Waals surface area contributed by atoms with Crippen molar-refractivity contribution >= 4 is 0 Å². The van der Waals surface area contributed by atoms with Crippen LogP contribution in [0.3, 0.4) is 0 Å². The molecule has 120 valence electrons. The first-order valence-corrected chi connectivity index (χ1v) is 8.17. The first-order valence-electron chi connectivity index (χ1n) is 8.17. The van der Waals surface area contributed by atoms with Gasteiger partial charge < -0.3 is 14.9 Å². The minimum Gasteiger partial charge on any atom is -0.494 e. The monoisotopic (exact) mass is 294 g/mol. The minimum absolute atomic E-state index is 0.218. The highest BCUT2D eigenvalue weighted by Gasteiger charge is 2.18. The van der Waals surface area contributed by atoms with E-state index in [0.717, 1.165) is 18.8 Å². The fourth-order valence-electron chi connectivity index (χ4n) is 2.36. The summed E-state index contributed by atoms with van der Waals surface area (Å²) >= 11 is 0. The largest absolute Gasteiger partial charge is 0.494 e. The van der Waals surface area contributed by atoms with Gasteiger partial charge in [0.15, 0.2) is 0 Å². The summed E-state index contributed by atoms with van der Waals surface area (Å²) < 4.78 is 5.69. The Labute approximate surface area is 129 Å². The lowest BCUT2D eigenvalue weighted by Crippen LogP contribution is -2.26. The van der Waals surface area contributed by atoms with Crippen LogP contribution in [0.15, 0.2) is 24.3 Å². The van der Waals surface area contributed by atoms with E-state index in [1.165, 1.54) is 18.4 Å². The van der Waals surface area contributed by atoms with Gasteiger partial charge in [0.25, 0.3) is 0 Å². The van der Waals surface area contributed by atoms with E-state index < -0.39 is 12.2 Å². The zero-order valence-corrected chi connectivity index (χ0v) is 13.6. The van der Waals surface area contributed by atoms with E-state index in [0.29, 0.717) is 12.8 Å². The average Bonchev–Trinajstić information content (AvgIpc) is 2.51. The average molecular weight is 294 g/mol. The lowest BCUT2D eigenvalue weighted by atomic mass is 9.92. The number of unbranched alkanes of at least 4 members (excludes halogenated alkanes) is 2. The summed E-state index contributed by atoms with van der Waals surface area (Å²) in [5, 5.41) is 19.5. The second kappa shape index (κ2) is 9.80. The van der Waals surface area contributed by atoms with Crippen LogP contribution in [0.1, 0.15) is 64.4 Å². The Morgan fingerprint density at radius 1 is 1.00 bits per heavy atom. The molecule has 0 heterocycles.